The average molecular weight is 657 g/mol. The molecular weight excluding hydrogens is 622 g/mol. The minimum atomic E-state index is -3.97. The van der Waals surface area contributed by atoms with Gasteiger partial charge >= 0.3 is 0 Å². The minimum absolute atomic E-state index is 0.00455. The fraction of sp³-hybridized carbons (Fsp3) is 0.278. The number of amides is 2. The zero-order valence-corrected chi connectivity index (χ0v) is 26.6. The zero-order valence-electron chi connectivity index (χ0n) is 25.8. The van der Waals surface area contributed by atoms with Crippen molar-refractivity contribution < 1.29 is 26.8 Å². The van der Waals surface area contributed by atoms with Gasteiger partial charge in [-0.3, -0.25) is 19.5 Å². The average Bonchev–Trinajstić information content (AvgIpc) is 3.74. The maximum Gasteiger partial charge on any atom is 0.261 e. The second-order valence-electron chi connectivity index (χ2n) is 12.3. The number of carbonyl (C=O) groups is 2. The highest BCUT2D eigenvalue weighted by atomic mass is 32.2. The molecule has 0 saturated carbocycles. The van der Waals surface area contributed by atoms with Crippen LogP contribution < -0.4 is 10.4 Å². The topological polar surface area (TPSA) is 90.0 Å². The molecule has 242 valence electrons. The molecule has 4 aliphatic rings. The Morgan fingerprint density at radius 2 is 1.62 bits per heavy atom. The largest absolute Gasteiger partial charge is 0.301 e. The van der Waals surface area contributed by atoms with E-state index in [-0.39, 0.29) is 54.8 Å². The molecule has 2 aliphatic heterocycles. The maximum absolute atomic E-state index is 14.6. The first-order valence-electron chi connectivity index (χ1n) is 15.8. The summed E-state index contributed by atoms with van der Waals surface area (Å²) >= 11 is 0. The molecule has 0 radical (unpaired) electrons. The highest BCUT2D eigenvalue weighted by molar-refractivity contribution is 7.89. The molecular formula is C36H34F2N4O4S. The number of hydrogen-bond donors (Lipinski definition) is 1. The van der Waals surface area contributed by atoms with E-state index in [2.05, 4.69) is 18.4 Å². The number of nitrogens with zero attached hydrogens (tertiary/aromatic N) is 3. The van der Waals surface area contributed by atoms with Crippen molar-refractivity contribution in [2.45, 2.75) is 26.2 Å². The van der Waals surface area contributed by atoms with Gasteiger partial charge in [-0.25, -0.2) is 21.5 Å². The summed E-state index contributed by atoms with van der Waals surface area (Å²) in [6.07, 6.45) is 5.77. The van der Waals surface area contributed by atoms with Crippen molar-refractivity contribution in [2.24, 2.45) is 11.8 Å². The predicted molar refractivity (Wildman–Crippen MR) is 174 cm³/mol. The Morgan fingerprint density at radius 1 is 0.936 bits per heavy atom. The summed E-state index contributed by atoms with van der Waals surface area (Å²) in [4.78, 5) is 26.9. The van der Waals surface area contributed by atoms with Crippen LogP contribution >= 0.6 is 0 Å². The molecule has 3 aromatic rings. The molecule has 0 aromatic heterocycles. The van der Waals surface area contributed by atoms with Gasteiger partial charge in [0.2, 0.25) is 10.0 Å². The van der Waals surface area contributed by atoms with Gasteiger partial charge in [0.05, 0.1) is 28.3 Å². The molecule has 3 aromatic carbocycles. The van der Waals surface area contributed by atoms with Crippen molar-refractivity contribution in [1.82, 2.24) is 14.6 Å². The van der Waals surface area contributed by atoms with Crippen molar-refractivity contribution in [3.8, 4) is 0 Å². The predicted octanol–water partition coefficient (Wildman–Crippen LogP) is 5.58. The fourth-order valence-corrected chi connectivity index (χ4v) is 8.67. The zero-order chi connectivity index (χ0) is 32.9. The first-order valence-corrected chi connectivity index (χ1v) is 17.4. The smallest absolute Gasteiger partial charge is 0.261 e. The van der Waals surface area contributed by atoms with E-state index < -0.39 is 33.4 Å². The lowest BCUT2D eigenvalue weighted by atomic mass is 9.80. The summed E-state index contributed by atoms with van der Waals surface area (Å²) in [6, 6.07) is 19.1. The molecule has 0 fully saturated rings. The van der Waals surface area contributed by atoms with Crippen LogP contribution in [0.3, 0.4) is 0 Å². The first-order chi connectivity index (χ1) is 22.6. The first kappa shape index (κ1) is 31.0. The maximum atomic E-state index is 14.6. The molecule has 47 heavy (non-hydrogen) atoms. The fourth-order valence-electron chi connectivity index (χ4n) is 7.22. The van der Waals surface area contributed by atoms with E-state index in [0.29, 0.717) is 5.56 Å². The SMILES string of the molecule is C[C@H]1C2=CNN(c3ccc(F)cc3)C2=CC2=C1[C@@H](CN(CCc1ccccc1F)S(=O)(=O)CCN1C(=O)c3ccccc3C1=O)CC2. The number of allylic oxidation sites excluding steroid dienone is 3. The van der Waals surface area contributed by atoms with E-state index in [4.69, 9.17) is 0 Å². The lowest BCUT2D eigenvalue weighted by Crippen LogP contribution is -2.42. The lowest BCUT2D eigenvalue weighted by molar-refractivity contribution is 0.0663. The molecule has 7 rings (SSSR count). The third-order valence-corrected chi connectivity index (χ3v) is 11.5. The summed E-state index contributed by atoms with van der Waals surface area (Å²) in [6.45, 7) is 2.10. The number of carbonyl (C=O) groups excluding carboxylic acids is 2. The third-order valence-electron chi connectivity index (χ3n) is 9.64. The van der Waals surface area contributed by atoms with Crippen LogP contribution in [-0.2, 0) is 16.4 Å². The second-order valence-corrected chi connectivity index (χ2v) is 14.4. The van der Waals surface area contributed by atoms with E-state index in [1.807, 2.05) is 11.2 Å². The number of hydrogen-bond acceptors (Lipinski definition) is 6. The molecule has 2 heterocycles. The molecule has 2 atom stereocenters. The highest BCUT2D eigenvalue weighted by Crippen LogP contribution is 2.48. The van der Waals surface area contributed by atoms with Gasteiger partial charge in [0.25, 0.3) is 11.8 Å². The van der Waals surface area contributed by atoms with E-state index >= 15 is 0 Å². The third kappa shape index (κ3) is 5.67. The molecule has 2 amide bonds. The van der Waals surface area contributed by atoms with E-state index in [0.717, 1.165) is 40.3 Å². The van der Waals surface area contributed by atoms with Crippen LogP contribution in [-0.4, -0.2) is 54.8 Å². The summed E-state index contributed by atoms with van der Waals surface area (Å²) in [5, 5.41) is 1.92. The highest BCUT2D eigenvalue weighted by Gasteiger charge is 2.41. The normalized spacial score (nSPS) is 20.3. The molecule has 0 bridgehead atoms. The molecule has 2 aliphatic carbocycles. The Hall–Kier alpha value is -4.61. The number of nitrogens with one attached hydrogen (secondary N) is 1. The number of rotatable bonds is 10. The van der Waals surface area contributed by atoms with Crippen LogP contribution in [0.25, 0.3) is 0 Å². The van der Waals surface area contributed by atoms with Crippen LogP contribution in [0.1, 0.15) is 46.0 Å². The molecule has 0 unspecified atom stereocenters. The standard InChI is InChI=1S/C36H34F2N4O4S/c1-23-31-21-39-42(28-14-12-27(37)13-15-28)33(31)20-25-10-11-26(34(23)25)22-40(17-16-24-6-2-5-9-32(24)38)47(45,46)19-18-41-35(43)29-7-3-4-8-30(29)36(41)44/h2-9,12-15,20-21,23,26,39H,10-11,16-19,22H2,1H3/t23-,26+/m0/s1. The lowest BCUT2D eigenvalue weighted by Gasteiger charge is -2.32. The summed E-state index contributed by atoms with van der Waals surface area (Å²) in [5.74, 6) is -2.22. The van der Waals surface area contributed by atoms with Crippen LogP contribution in [0.2, 0.25) is 0 Å². The quantitative estimate of drug-likeness (QED) is 0.287. The van der Waals surface area contributed by atoms with Gasteiger partial charge in [-0.15, -0.1) is 0 Å². The number of hydrazine groups is 1. The van der Waals surface area contributed by atoms with Crippen molar-refractivity contribution in [3.05, 3.63) is 136 Å². The van der Waals surface area contributed by atoms with Gasteiger partial charge in [0.15, 0.2) is 0 Å². The van der Waals surface area contributed by atoms with Gasteiger partial charge in [-0.1, -0.05) is 42.8 Å². The van der Waals surface area contributed by atoms with Crippen molar-refractivity contribution in [3.63, 3.8) is 0 Å². The van der Waals surface area contributed by atoms with Crippen LogP contribution in [0.4, 0.5) is 14.5 Å². The van der Waals surface area contributed by atoms with Gasteiger partial charge in [0, 0.05) is 37.3 Å². The number of fused-ring (bicyclic) bond motifs is 2. The van der Waals surface area contributed by atoms with E-state index in [1.54, 1.807) is 54.6 Å². The summed E-state index contributed by atoms with van der Waals surface area (Å²) in [7, 11) is -3.97. The molecule has 11 heteroatoms. The molecule has 0 saturated heterocycles. The number of imide groups is 1. The Kier molecular flexibility index (Phi) is 8.05. The van der Waals surface area contributed by atoms with E-state index in [9.17, 15) is 26.8 Å². The molecule has 1 N–H and O–H groups in total. The van der Waals surface area contributed by atoms with Crippen molar-refractivity contribution in [2.75, 3.05) is 30.4 Å². The van der Waals surface area contributed by atoms with Crippen LogP contribution in [0.5, 0.6) is 0 Å². The minimum Gasteiger partial charge on any atom is -0.301 e. The van der Waals surface area contributed by atoms with E-state index in [1.165, 1.54) is 28.1 Å². The summed E-state index contributed by atoms with van der Waals surface area (Å²) in [5.41, 5.74) is 9.42. The number of benzene rings is 3. The van der Waals surface area contributed by atoms with Gasteiger partial charge in [-0.05, 0) is 84.9 Å². The van der Waals surface area contributed by atoms with Crippen molar-refractivity contribution >= 4 is 27.5 Å². The molecule has 0 spiro atoms. The Labute approximate surface area is 272 Å². The van der Waals surface area contributed by atoms with Crippen molar-refractivity contribution in [1.29, 1.82) is 0 Å². The van der Waals surface area contributed by atoms with Gasteiger partial charge in [0.1, 0.15) is 11.6 Å². The monoisotopic (exact) mass is 656 g/mol. The van der Waals surface area contributed by atoms with Crippen LogP contribution in [0, 0.1) is 23.5 Å². The molecule has 8 nitrogen and oxygen atoms in total. The number of halogens is 2. The Balaban J connectivity index is 1.13. The van der Waals surface area contributed by atoms with Crippen LogP contribution in [0.15, 0.2) is 107 Å². The Morgan fingerprint density at radius 3 is 2.32 bits per heavy atom. The summed E-state index contributed by atoms with van der Waals surface area (Å²) < 4.78 is 57.6. The van der Waals surface area contributed by atoms with Gasteiger partial charge in [-0.2, -0.15) is 0 Å². The second kappa shape index (κ2) is 12.2. The Bertz CT molecular complexity index is 1940. The number of anilines is 1. The van der Waals surface area contributed by atoms with Gasteiger partial charge < -0.3 is 5.43 Å². The number of sulfonamides is 1.